The van der Waals surface area contributed by atoms with Gasteiger partial charge in [0.25, 0.3) is 0 Å². The van der Waals surface area contributed by atoms with E-state index in [0.29, 0.717) is 16.5 Å². The van der Waals surface area contributed by atoms with Gasteiger partial charge in [0, 0.05) is 0 Å². The highest BCUT2D eigenvalue weighted by Crippen LogP contribution is 2.18. The van der Waals surface area contributed by atoms with Crippen LogP contribution in [0, 0.1) is 11.6 Å². The highest BCUT2D eigenvalue weighted by Gasteiger charge is 2.09. The fourth-order valence-electron chi connectivity index (χ4n) is 1.90. The van der Waals surface area contributed by atoms with Crippen molar-refractivity contribution in [2.75, 3.05) is 0 Å². The predicted molar refractivity (Wildman–Crippen MR) is 89.9 cm³/mol. The van der Waals surface area contributed by atoms with E-state index in [0.717, 1.165) is 0 Å². The monoisotopic (exact) mass is 382 g/mol. The van der Waals surface area contributed by atoms with E-state index in [1.165, 1.54) is 26.0 Å². The van der Waals surface area contributed by atoms with Crippen molar-refractivity contribution in [2.45, 2.75) is 27.2 Å². The molecule has 23 heavy (non-hydrogen) atoms. The number of ketones is 2. The van der Waals surface area contributed by atoms with Gasteiger partial charge >= 0.3 is 0 Å². The third kappa shape index (κ3) is 5.06. The number of halogens is 3. The Morgan fingerprint density at radius 1 is 0.913 bits per heavy atom. The van der Waals surface area contributed by atoms with Gasteiger partial charge in [-0.3, -0.25) is 9.59 Å². The molecule has 122 valence electrons. The Kier molecular flexibility index (Phi) is 7.23. The molecule has 0 N–H and O–H groups in total. The van der Waals surface area contributed by atoms with Crippen molar-refractivity contribution in [3.8, 4) is 0 Å². The number of benzene rings is 2. The van der Waals surface area contributed by atoms with E-state index in [1.807, 2.05) is 6.92 Å². The normalized spacial score (nSPS) is 9.83. The zero-order chi connectivity index (χ0) is 17.6. The molecule has 2 aromatic rings. The standard InChI is InChI=1S/C10H11FO.C8H6BrFO/c1-3-8-5-4-6-9(7(2)12)10(8)11;1-5(11)6-3-2-4-7(9)8(6)10/h4-6H,3H2,1-2H3;2-4H,1H3. The van der Waals surface area contributed by atoms with Crippen LogP contribution in [0.5, 0.6) is 0 Å². The van der Waals surface area contributed by atoms with E-state index >= 15 is 0 Å². The fraction of sp³-hybridized carbons (Fsp3) is 0.222. The maximum atomic E-state index is 13.3. The number of Topliss-reactive ketones (excluding diaryl/α,β-unsaturated/α-hetero) is 2. The first-order chi connectivity index (χ1) is 10.8. The molecule has 2 rings (SSSR count). The molecule has 0 unspecified atom stereocenters. The SMILES string of the molecule is CC(=O)c1cccc(Br)c1F.CCc1cccc(C(C)=O)c1F. The minimum atomic E-state index is -0.486. The van der Waals surface area contributed by atoms with E-state index in [4.69, 9.17) is 0 Å². The predicted octanol–water partition coefficient (Wildman–Crippen LogP) is 5.38. The molecule has 0 aliphatic heterocycles. The molecule has 2 aromatic carbocycles. The number of carbonyl (C=O) groups excluding carboxylic acids is 2. The highest BCUT2D eigenvalue weighted by molar-refractivity contribution is 9.10. The lowest BCUT2D eigenvalue weighted by atomic mass is 10.1. The van der Waals surface area contributed by atoms with E-state index in [9.17, 15) is 18.4 Å². The molecule has 0 aromatic heterocycles. The summed E-state index contributed by atoms with van der Waals surface area (Å²) in [5, 5.41) is 0. The Morgan fingerprint density at radius 3 is 1.83 bits per heavy atom. The topological polar surface area (TPSA) is 34.1 Å². The highest BCUT2D eigenvalue weighted by atomic mass is 79.9. The molecule has 0 radical (unpaired) electrons. The van der Waals surface area contributed by atoms with Crippen LogP contribution in [-0.2, 0) is 6.42 Å². The Hall–Kier alpha value is -1.88. The lowest BCUT2D eigenvalue weighted by molar-refractivity contribution is 0.100. The second-order valence-corrected chi connectivity index (χ2v) is 5.70. The molecule has 0 amide bonds. The second kappa shape index (κ2) is 8.67. The third-order valence-electron chi connectivity index (χ3n) is 3.17. The quantitative estimate of drug-likeness (QED) is 0.667. The van der Waals surface area contributed by atoms with Crippen molar-refractivity contribution in [2.24, 2.45) is 0 Å². The zero-order valence-corrected chi connectivity index (χ0v) is 14.7. The molecule has 0 heterocycles. The Morgan fingerprint density at radius 2 is 1.39 bits per heavy atom. The summed E-state index contributed by atoms with van der Waals surface area (Å²) in [7, 11) is 0. The minimum Gasteiger partial charge on any atom is -0.294 e. The van der Waals surface area contributed by atoms with Gasteiger partial charge in [0.2, 0.25) is 0 Å². The summed E-state index contributed by atoms with van der Waals surface area (Å²) in [6, 6.07) is 9.56. The van der Waals surface area contributed by atoms with Gasteiger partial charge in [-0.15, -0.1) is 0 Å². The molecule has 0 aliphatic carbocycles. The van der Waals surface area contributed by atoms with Crippen LogP contribution in [0.15, 0.2) is 40.9 Å². The number of aryl methyl sites for hydroxylation is 1. The first kappa shape index (κ1) is 19.2. The number of rotatable bonds is 3. The molecule has 0 saturated carbocycles. The molecule has 0 bridgehead atoms. The summed E-state index contributed by atoms with van der Waals surface area (Å²) in [5.41, 5.74) is 0.913. The largest absolute Gasteiger partial charge is 0.294 e. The molecule has 5 heteroatoms. The Balaban J connectivity index is 0.000000231. The van der Waals surface area contributed by atoms with Gasteiger partial charge in [-0.1, -0.05) is 25.1 Å². The van der Waals surface area contributed by atoms with Gasteiger partial charge in [0.05, 0.1) is 15.6 Å². The molecule has 2 nitrogen and oxygen atoms in total. The lowest BCUT2D eigenvalue weighted by Gasteiger charge is -2.02. The number of hydrogen-bond acceptors (Lipinski definition) is 2. The summed E-state index contributed by atoms with van der Waals surface area (Å²) in [4.78, 5) is 21.7. The van der Waals surface area contributed by atoms with Crippen molar-refractivity contribution in [3.05, 3.63) is 69.2 Å². The van der Waals surface area contributed by atoms with Crippen molar-refractivity contribution >= 4 is 27.5 Å². The summed E-state index contributed by atoms with van der Waals surface area (Å²) in [5.74, 6) is -1.33. The van der Waals surface area contributed by atoms with Crippen LogP contribution in [-0.4, -0.2) is 11.6 Å². The molecule has 0 spiro atoms. The summed E-state index contributed by atoms with van der Waals surface area (Å²) in [6.07, 6.45) is 0.618. The molecule has 0 saturated heterocycles. The van der Waals surface area contributed by atoms with Gasteiger partial charge in [-0.05, 0) is 60.0 Å². The zero-order valence-electron chi connectivity index (χ0n) is 13.1. The Labute approximate surface area is 142 Å². The molecule has 0 atom stereocenters. The molecule has 0 fully saturated rings. The van der Waals surface area contributed by atoms with Crippen LogP contribution in [0.4, 0.5) is 8.78 Å². The van der Waals surface area contributed by atoms with Crippen molar-refractivity contribution in [1.29, 1.82) is 0 Å². The molecular formula is C18H17BrF2O2. The van der Waals surface area contributed by atoms with Crippen LogP contribution in [0.3, 0.4) is 0 Å². The van der Waals surface area contributed by atoms with E-state index < -0.39 is 5.82 Å². The van der Waals surface area contributed by atoms with Crippen molar-refractivity contribution in [1.82, 2.24) is 0 Å². The van der Waals surface area contributed by atoms with Gasteiger partial charge in [-0.2, -0.15) is 0 Å². The summed E-state index contributed by atoms with van der Waals surface area (Å²) >= 11 is 2.99. The molecule has 0 aliphatic rings. The fourth-order valence-corrected chi connectivity index (χ4v) is 2.27. The summed E-state index contributed by atoms with van der Waals surface area (Å²) in [6.45, 7) is 4.57. The van der Waals surface area contributed by atoms with E-state index in [2.05, 4.69) is 15.9 Å². The smallest absolute Gasteiger partial charge is 0.162 e. The van der Waals surface area contributed by atoms with Crippen LogP contribution in [0.25, 0.3) is 0 Å². The third-order valence-corrected chi connectivity index (χ3v) is 3.78. The van der Waals surface area contributed by atoms with Crippen LogP contribution < -0.4 is 0 Å². The average molecular weight is 383 g/mol. The van der Waals surface area contributed by atoms with Gasteiger partial charge in [-0.25, -0.2) is 8.78 Å². The van der Waals surface area contributed by atoms with Crippen LogP contribution >= 0.6 is 15.9 Å². The van der Waals surface area contributed by atoms with Gasteiger partial charge in [0.1, 0.15) is 11.6 Å². The first-order valence-corrected chi connectivity index (χ1v) is 7.82. The minimum absolute atomic E-state index is 0.124. The lowest BCUT2D eigenvalue weighted by Crippen LogP contribution is -2.00. The number of hydrogen-bond donors (Lipinski definition) is 0. The van der Waals surface area contributed by atoms with Gasteiger partial charge < -0.3 is 0 Å². The second-order valence-electron chi connectivity index (χ2n) is 4.85. The first-order valence-electron chi connectivity index (χ1n) is 7.02. The van der Waals surface area contributed by atoms with Crippen LogP contribution in [0.1, 0.15) is 47.1 Å². The van der Waals surface area contributed by atoms with Crippen molar-refractivity contribution in [3.63, 3.8) is 0 Å². The van der Waals surface area contributed by atoms with Crippen LogP contribution in [0.2, 0.25) is 0 Å². The summed E-state index contributed by atoms with van der Waals surface area (Å²) < 4.78 is 26.6. The Bertz CT molecular complexity index is 727. The van der Waals surface area contributed by atoms with Crippen molar-refractivity contribution < 1.29 is 18.4 Å². The maximum Gasteiger partial charge on any atom is 0.162 e. The van der Waals surface area contributed by atoms with E-state index in [-0.39, 0.29) is 28.5 Å². The molecular weight excluding hydrogens is 366 g/mol. The van der Waals surface area contributed by atoms with E-state index in [1.54, 1.807) is 24.3 Å². The van der Waals surface area contributed by atoms with Gasteiger partial charge in [0.15, 0.2) is 11.6 Å². The maximum absolute atomic E-state index is 13.3. The average Bonchev–Trinajstić information content (AvgIpc) is 2.50. The number of carbonyl (C=O) groups is 2.